The second-order valence-electron chi connectivity index (χ2n) is 5.70. The largest absolute Gasteiger partial charge is 0.293 e. The Bertz CT molecular complexity index is 434. The summed E-state index contributed by atoms with van der Waals surface area (Å²) in [5.41, 5.74) is 2.36. The first kappa shape index (κ1) is 12.6. The molecule has 2 fully saturated rings. The summed E-state index contributed by atoms with van der Waals surface area (Å²) in [6.45, 7) is 2.99. The molecule has 0 saturated carbocycles. The van der Waals surface area contributed by atoms with Crippen molar-refractivity contribution in [2.24, 2.45) is 0 Å². The number of rotatable bonds is 2. The monoisotopic (exact) mass is 311 g/mol. The number of fused-ring (bicyclic) bond motifs is 2. The highest BCUT2D eigenvalue weighted by atomic mass is 79.9. The molecule has 0 amide bonds. The summed E-state index contributed by atoms with van der Waals surface area (Å²) in [7, 11) is 0. The van der Waals surface area contributed by atoms with Crippen molar-refractivity contribution in [2.45, 2.75) is 56.1 Å². The zero-order valence-corrected chi connectivity index (χ0v) is 12.3. The normalized spacial score (nSPS) is 31.8. The SMILES string of the molecule is Cc1ccc(F)cc1CN1C2CCC1CC(Br)C2. The van der Waals surface area contributed by atoms with Gasteiger partial charge in [0, 0.05) is 23.5 Å². The molecule has 1 aromatic rings. The van der Waals surface area contributed by atoms with Gasteiger partial charge in [-0.2, -0.15) is 0 Å². The van der Waals surface area contributed by atoms with E-state index in [0.29, 0.717) is 16.9 Å². The third kappa shape index (κ3) is 2.35. The summed E-state index contributed by atoms with van der Waals surface area (Å²) in [6.07, 6.45) is 5.10. The molecule has 18 heavy (non-hydrogen) atoms. The smallest absolute Gasteiger partial charge is 0.123 e. The first-order chi connectivity index (χ1) is 8.63. The highest BCUT2D eigenvalue weighted by molar-refractivity contribution is 9.09. The Morgan fingerprint density at radius 2 is 1.94 bits per heavy atom. The highest BCUT2D eigenvalue weighted by Crippen LogP contribution is 2.39. The van der Waals surface area contributed by atoms with Gasteiger partial charge < -0.3 is 0 Å². The molecule has 2 atom stereocenters. The average molecular weight is 312 g/mol. The van der Waals surface area contributed by atoms with Crippen LogP contribution in [0, 0.1) is 12.7 Å². The van der Waals surface area contributed by atoms with Crippen LogP contribution in [0.3, 0.4) is 0 Å². The first-order valence-electron chi connectivity index (χ1n) is 6.78. The van der Waals surface area contributed by atoms with E-state index in [1.165, 1.54) is 31.2 Å². The van der Waals surface area contributed by atoms with E-state index in [1.807, 2.05) is 6.07 Å². The van der Waals surface area contributed by atoms with Crippen molar-refractivity contribution in [3.05, 3.63) is 35.1 Å². The average Bonchev–Trinajstić information content (AvgIpc) is 2.57. The van der Waals surface area contributed by atoms with E-state index in [2.05, 4.69) is 27.8 Å². The lowest BCUT2D eigenvalue weighted by atomic mass is 10.0. The lowest BCUT2D eigenvalue weighted by molar-refractivity contribution is 0.136. The predicted octanol–water partition coefficient (Wildman–Crippen LogP) is 4.02. The molecule has 0 radical (unpaired) electrons. The van der Waals surface area contributed by atoms with E-state index in [4.69, 9.17) is 0 Å². The molecule has 1 aromatic carbocycles. The van der Waals surface area contributed by atoms with Crippen LogP contribution in [0.4, 0.5) is 4.39 Å². The van der Waals surface area contributed by atoms with Crippen LogP contribution in [0.25, 0.3) is 0 Å². The Morgan fingerprint density at radius 1 is 1.28 bits per heavy atom. The van der Waals surface area contributed by atoms with Crippen LogP contribution < -0.4 is 0 Å². The molecular formula is C15H19BrFN. The van der Waals surface area contributed by atoms with Gasteiger partial charge >= 0.3 is 0 Å². The summed E-state index contributed by atoms with van der Waals surface area (Å²) < 4.78 is 13.3. The first-order valence-corrected chi connectivity index (χ1v) is 7.70. The fourth-order valence-electron chi connectivity index (χ4n) is 3.47. The summed E-state index contributed by atoms with van der Waals surface area (Å²) in [5, 5.41) is 0. The van der Waals surface area contributed by atoms with Crippen LogP contribution in [0.5, 0.6) is 0 Å². The fraction of sp³-hybridized carbons (Fsp3) is 0.600. The lowest BCUT2D eigenvalue weighted by Crippen LogP contribution is -2.42. The topological polar surface area (TPSA) is 3.24 Å². The standard InChI is InChI=1S/C15H19BrFN/c1-10-2-3-13(17)6-11(10)9-18-14-4-5-15(18)8-12(16)7-14/h2-3,6,12,14-15H,4-5,7-9H2,1H3. The van der Waals surface area contributed by atoms with Crippen LogP contribution in [0.1, 0.15) is 36.8 Å². The second-order valence-corrected chi connectivity index (χ2v) is 6.99. The van der Waals surface area contributed by atoms with Gasteiger partial charge in [0.15, 0.2) is 0 Å². The van der Waals surface area contributed by atoms with Crippen LogP contribution in [0.2, 0.25) is 0 Å². The number of alkyl halides is 1. The van der Waals surface area contributed by atoms with Gasteiger partial charge in [0.2, 0.25) is 0 Å². The van der Waals surface area contributed by atoms with Crippen molar-refractivity contribution in [2.75, 3.05) is 0 Å². The minimum Gasteiger partial charge on any atom is -0.293 e. The molecule has 1 nitrogen and oxygen atoms in total. The highest BCUT2D eigenvalue weighted by Gasteiger charge is 2.39. The van der Waals surface area contributed by atoms with E-state index in [1.54, 1.807) is 12.1 Å². The fourth-order valence-corrected chi connectivity index (χ4v) is 4.34. The Hall–Kier alpha value is -0.410. The number of benzene rings is 1. The molecule has 3 heteroatoms. The summed E-state index contributed by atoms with van der Waals surface area (Å²) in [4.78, 5) is 3.28. The zero-order chi connectivity index (χ0) is 12.7. The molecule has 3 rings (SSSR count). The van der Waals surface area contributed by atoms with Gasteiger partial charge in [-0.1, -0.05) is 22.0 Å². The van der Waals surface area contributed by atoms with Crippen molar-refractivity contribution in [1.29, 1.82) is 0 Å². The zero-order valence-electron chi connectivity index (χ0n) is 10.7. The predicted molar refractivity (Wildman–Crippen MR) is 75.4 cm³/mol. The van der Waals surface area contributed by atoms with Gasteiger partial charge in [-0.15, -0.1) is 0 Å². The van der Waals surface area contributed by atoms with Crippen LogP contribution >= 0.6 is 15.9 Å². The molecule has 2 heterocycles. The quantitative estimate of drug-likeness (QED) is 0.746. The minimum absolute atomic E-state index is 0.113. The van der Waals surface area contributed by atoms with Crippen LogP contribution in [0.15, 0.2) is 18.2 Å². The third-order valence-corrected chi connectivity index (χ3v) is 5.24. The minimum atomic E-state index is -0.113. The molecule has 0 spiro atoms. The van der Waals surface area contributed by atoms with Gasteiger partial charge in [0.25, 0.3) is 0 Å². The lowest BCUT2D eigenvalue weighted by Gasteiger charge is -2.37. The van der Waals surface area contributed by atoms with Gasteiger partial charge in [0.1, 0.15) is 5.82 Å². The Labute approximate surface area is 116 Å². The Balaban J connectivity index is 1.79. The molecular weight excluding hydrogens is 293 g/mol. The number of nitrogens with zero attached hydrogens (tertiary/aromatic N) is 1. The molecule has 0 N–H and O–H groups in total. The molecule has 2 unspecified atom stereocenters. The maximum Gasteiger partial charge on any atom is 0.123 e. The van der Waals surface area contributed by atoms with E-state index in [-0.39, 0.29) is 5.82 Å². The third-order valence-electron chi connectivity index (χ3n) is 4.49. The number of aryl methyl sites for hydroxylation is 1. The van der Waals surface area contributed by atoms with Crippen molar-refractivity contribution in [3.63, 3.8) is 0 Å². The van der Waals surface area contributed by atoms with E-state index < -0.39 is 0 Å². The van der Waals surface area contributed by atoms with Crippen molar-refractivity contribution in [3.8, 4) is 0 Å². The Morgan fingerprint density at radius 3 is 2.61 bits per heavy atom. The van der Waals surface area contributed by atoms with Gasteiger partial charge in [-0.25, -0.2) is 4.39 Å². The number of halogens is 2. The van der Waals surface area contributed by atoms with Gasteiger partial charge in [-0.3, -0.25) is 4.90 Å². The van der Waals surface area contributed by atoms with E-state index >= 15 is 0 Å². The van der Waals surface area contributed by atoms with Crippen molar-refractivity contribution < 1.29 is 4.39 Å². The van der Waals surface area contributed by atoms with Gasteiger partial charge in [0.05, 0.1) is 0 Å². The summed E-state index contributed by atoms with van der Waals surface area (Å²) >= 11 is 3.76. The molecule has 2 aliphatic heterocycles. The molecule has 2 bridgehead atoms. The van der Waals surface area contributed by atoms with E-state index in [0.717, 1.165) is 12.1 Å². The van der Waals surface area contributed by atoms with Crippen molar-refractivity contribution in [1.82, 2.24) is 4.90 Å². The second kappa shape index (κ2) is 4.93. The van der Waals surface area contributed by atoms with Crippen molar-refractivity contribution >= 4 is 15.9 Å². The van der Waals surface area contributed by atoms with Gasteiger partial charge in [-0.05, 0) is 55.9 Å². The molecule has 0 aliphatic carbocycles. The Kier molecular flexibility index (Phi) is 3.46. The maximum atomic E-state index is 13.3. The summed E-state index contributed by atoms with van der Waals surface area (Å²) in [6, 6.07) is 6.53. The summed E-state index contributed by atoms with van der Waals surface area (Å²) in [5.74, 6) is -0.113. The van der Waals surface area contributed by atoms with Crippen LogP contribution in [-0.4, -0.2) is 21.8 Å². The molecule has 98 valence electrons. The number of hydrogen-bond donors (Lipinski definition) is 0. The number of hydrogen-bond acceptors (Lipinski definition) is 1. The molecule has 2 aliphatic rings. The molecule has 0 aromatic heterocycles. The number of piperidine rings is 1. The van der Waals surface area contributed by atoms with E-state index in [9.17, 15) is 4.39 Å². The van der Waals surface area contributed by atoms with Crippen LogP contribution in [-0.2, 0) is 6.54 Å². The maximum absolute atomic E-state index is 13.3. The molecule has 2 saturated heterocycles.